The normalized spacial score (nSPS) is 18.6. The van der Waals surface area contributed by atoms with Gasteiger partial charge in [-0.2, -0.15) is 5.10 Å². The Kier molecular flexibility index (Phi) is 7.07. The number of nitrogens with one attached hydrogen (secondary N) is 1. The summed E-state index contributed by atoms with van der Waals surface area (Å²) in [7, 11) is 0. The lowest BCUT2D eigenvalue weighted by Gasteiger charge is -2.41. The second-order valence-corrected chi connectivity index (χ2v) is 7.89. The first-order valence-electron chi connectivity index (χ1n) is 9.55. The number of aromatic amines is 1. The molecule has 5 nitrogen and oxygen atoms in total. The van der Waals surface area contributed by atoms with E-state index < -0.39 is 0 Å². The van der Waals surface area contributed by atoms with E-state index in [2.05, 4.69) is 39.9 Å². The van der Waals surface area contributed by atoms with E-state index in [0.717, 1.165) is 55.4 Å². The quantitative estimate of drug-likeness (QED) is 0.712. The van der Waals surface area contributed by atoms with Gasteiger partial charge in [0.05, 0.1) is 11.9 Å². The van der Waals surface area contributed by atoms with Crippen molar-refractivity contribution in [3.8, 4) is 11.3 Å². The molecular weight excluding hydrogens is 360 g/mol. The third-order valence-electron chi connectivity index (χ3n) is 5.13. The maximum absolute atomic E-state index is 9.49. The fourth-order valence-electron chi connectivity index (χ4n) is 3.60. The van der Waals surface area contributed by atoms with Crippen molar-refractivity contribution in [1.82, 2.24) is 20.0 Å². The Morgan fingerprint density at radius 1 is 1.30 bits per heavy atom. The van der Waals surface area contributed by atoms with Crippen LogP contribution in [0, 0.1) is 0 Å². The highest BCUT2D eigenvalue weighted by Crippen LogP contribution is 2.25. The van der Waals surface area contributed by atoms with Gasteiger partial charge in [-0.15, -0.1) is 0 Å². The van der Waals surface area contributed by atoms with Crippen molar-refractivity contribution in [2.45, 2.75) is 32.9 Å². The number of aromatic nitrogens is 2. The van der Waals surface area contributed by atoms with Crippen molar-refractivity contribution in [2.75, 3.05) is 32.8 Å². The molecule has 2 heterocycles. The molecule has 1 atom stereocenters. The first-order chi connectivity index (χ1) is 13.1. The third-order valence-corrected chi connectivity index (χ3v) is 5.38. The first kappa shape index (κ1) is 20.1. The van der Waals surface area contributed by atoms with Gasteiger partial charge in [0.1, 0.15) is 0 Å². The van der Waals surface area contributed by atoms with Crippen LogP contribution in [0.5, 0.6) is 0 Å². The number of piperazine rings is 1. The highest BCUT2D eigenvalue weighted by molar-refractivity contribution is 6.30. The van der Waals surface area contributed by atoms with Crippen LogP contribution in [0.15, 0.2) is 42.1 Å². The number of allylic oxidation sites excluding steroid dienone is 1. The van der Waals surface area contributed by atoms with Gasteiger partial charge < -0.3 is 5.11 Å². The van der Waals surface area contributed by atoms with Gasteiger partial charge in [0.25, 0.3) is 0 Å². The SMILES string of the molecule is CC(C)=CCN1CCN(Cc2cn[nH]c2-c2ccc(Cl)cc2)C[C@H]1CCO. The molecule has 1 aliphatic heterocycles. The largest absolute Gasteiger partial charge is 0.396 e. The summed E-state index contributed by atoms with van der Waals surface area (Å²) in [6, 6.07) is 8.23. The van der Waals surface area contributed by atoms with E-state index in [0.29, 0.717) is 6.04 Å². The third kappa shape index (κ3) is 5.42. The Bertz CT molecular complexity index is 752. The first-order valence-corrected chi connectivity index (χ1v) is 9.93. The van der Waals surface area contributed by atoms with Gasteiger partial charge in [-0.3, -0.25) is 14.9 Å². The summed E-state index contributed by atoms with van der Waals surface area (Å²) in [5.41, 5.74) is 4.68. The molecule has 27 heavy (non-hydrogen) atoms. The molecule has 146 valence electrons. The number of nitrogens with zero attached hydrogens (tertiary/aromatic N) is 3. The molecule has 2 aromatic rings. The predicted molar refractivity (Wildman–Crippen MR) is 111 cm³/mol. The predicted octanol–water partition coefficient (Wildman–Crippen LogP) is 3.56. The topological polar surface area (TPSA) is 55.4 Å². The molecule has 1 aromatic carbocycles. The summed E-state index contributed by atoms with van der Waals surface area (Å²) in [6.45, 7) is 9.30. The summed E-state index contributed by atoms with van der Waals surface area (Å²) in [4.78, 5) is 4.94. The molecule has 2 N–H and O–H groups in total. The lowest BCUT2D eigenvalue weighted by Crippen LogP contribution is -2.53. The maximum Gasteiger partial charge on any atom is 0.0695 e. The molecule has 0 spiro atoms. The molecule has 0 bridgehead atoms. The molecule has 0 amide bonds. The van der Waals surface area contributed by atoms with Gasteiger partial charge in [0, 0.05) is 56.0 Å². The Balaban J connectivity index is 1.67. The zero-order chi connectivity index (χ0) is 19.2. The highest BCUT2D eigenvalue weighted by Gasteiger charge is 2.26. The zero-order valence-corrected chi connectivity index (χ0v) is 16.9. The number of H-pyrrole nitrogens is 1. The van der Waals surface area contributed by atoms with Crippen molar-refractivity contribution in [3.05, 3.63) is 52.7 Å². The highest BCUT2D eigenvalue weighted by atomic mass is 35.5. The van der Waals surface area contributed by atoms with E-state index in [-0.39, 0.29) is 6.61 Å². The van der Waals surface area contributed by atoms with Crippen LogP contribution in [-0.2, 0) is 6.54 Å². The van der Waals surface area contributed by atoms with Crippen LogP contribution in [0.2, 0.25) is 5.02 Å². The Labute approximate surface area is 166 Å². The Morgan fingerprint density at radius 2 is 2.07 bits per heavy atom. The summed E-state index contributed by atoms with van der Waals surface area (Å²) < 4.78 is 0. The summed E-state index contributed by atoms with van der Waals surface area (Å²) >= 11 is 6.01. The van der Waals surface area contributed by atoms with Gasteiger partial charge in [0.2, 0.25) is 0 Å². The van der Waals surface area contributed by atoms with Crippen molar-refractivity contribution in [2.24, 2.45) is 0 Å². The standard InChI is InChI=1S/C21H29ClN4O/c1-16(2)7-9-26-11-10-25(15-20(26)8-12-27)14-18-13-23-24-21(18)17-3-5-19(22)6-4-17/h3-7,13,20,27H,8-12,14-15H2,1-2H3,(H,23,24)/t20-/m1/s1. The molecule has 3 rings (SSSR count). The number of hydrogen-bond donors (Lipinski definition) is 2. The molecule has 0 radical (unpaired) electrons. The van der Waals surface area contributed by atoms with E-state index in [1.54, 1.807) is 0 Å². The number of halogens is 1. The minimum absolute atomic E-state index is 0.228. The summed E-state index contributed by atoms with van der Waals surface area (Å²) in [5.74, 6) is 0. The molecule has 1 fully saturated rings. The van der Waals surface area contributed by atoms with E-state index in [1.807, 2.05) is 30.5 Å². The van der Waals surface area contributed by atoms with Crippen LogP contribution in [0.1, 0.15) is 25.8 Å². The van der Waals surface area contributed by atoms with Crippen molar-refractivity contribution in [1.29, 1.82) is 0 Å². The van der Waals surface area contributed by atoms with Crippen molar-refractivity contribution < 1.29 is 5.11 Å². The van der Waals surface area contributed by atoms with Crippen LogP contribution in [0.3, 0.4) is 0 Å². The molecule has 1 saturated heterocycles. The van der Waals surface area contributed by atoms with E-state index in [9.17, 15) is 5.11 Å². The van der Waals surface area contributed by atoms with Crippen LogP contribution in [0.25, 0.3) is 11.3 Å². The lowest BCUT2D eigenvalue weighted by molar-refractivity contribution is 0.0637. The average Bonchev–Trinajstić information content (AvgIpc) is 3.10. The molecule has 0 saturated carbocycles. The minimum Gasteiger partial charge on any atom is -0.396 e. The van der Waals surface area contributed by atoms with E-state index in [4.69, 9.17) is 11.6 Å². The fraction of sp³-hybridized carbons (Fsp3) is 0.476. The fourth-order valence-corrected chi connectivity index (χ4v) is 3.73. The monoisotopic (exact) mass is 388 g/mol. The smallest absolute Gasteiger partial charge is 0.0695 e. The second kappa shape index (κ2) is 9.51. The number of hydrogen-bond acceptors (Lipinski definition) is 4. The minimum atomic E-state index is 0.228. The van der Waals surface area contributed by atoms with Crippen molar-refractivity contribution >= 4 is 11.6 Å². The van der Waals surface area contributed by atoms with E-state index in [1.165, 1.54) is 11.1 Å². The molecular formula is C21H29ClN4O. The van der Waals surface area contributed by atoms with Gasteiger partial charge >= 0.3 is 0 Å². The second-order valence-electron chi connectivity index (χ2n) is 7.45. The molecule has 6 heteroatoms. The average molecular weight is 389 g/mol. The molecule has 1 aliphatic rings. The Hall–Kier alpha value is -1.66. The number of aliphatic hydroxyl groups excluding tert-OH is 1. The summed E-state index contributed by atoms with van der Waals surface area (Å²) in [6.07, 6.45) is 5.00. The van der Waals surface area contributed by atoms with Crippen LogP contribution >= 0.6 is 11.6 Å². The van der Waals surface area contributed by atoms with Crippen LogP contribution in [0.4, 0.5) is 0 Å². The Morgan fingerprint density at radius 3 is 2.78 bits per heavy atom. The number of rotatable bonds is 7. The number of aliphatic hydroxyl groups is 1. The molecule has 0 unspecified atom stereocenters. The number of benzene rings is 1. The van der Waals surface area contributed by atoms with Crippen LogP contribution in [-0.4, -0.2) is 63.9 Å². The molecule has 0 aliphatic carbocycles. The van der Waals surface area contributed by atoms with Gasteiger partial charge in [0.15, 0.2) is 0 Å². The molecule has 1 aromatic heterocycles. The van der Waals surface area contributed by atoms with Crippen LogP contribution < -0.4 is 0 Å². The van der Waals surface area contributed by atoms with E-state index >= 15 is 0 Å². The van der Waals surface area contributed by atoms with Gasteiger partial charge in [-0.05, 0) is 38.0 Å². The van der Waals surface area contributed by atoms with Gasteiger partial charge in [-0.25, -0.2) is 0 Å². The lowest BCUT2D eigenvalue weighted by atomic mass is 10.1. The maximum atomic E-state index is 9.49. The summed E-state index contributed by atoms with van der Waals surface area (Å²) in [5, 5.41) is 17.6. The zero-order valence-electron chi connectivity index (χ0n) is 16.2. The van der Waals surface area contributed by atoms with Crippen molar-refractivity contribution in [3.63, 3.8) is 0 Å². The van der Waals surface area contributed by atoms with Gasteiger partial charge in [-0.1, -0.05) is 35.4 Å².